The van der Waals surface area contributed by atoms with Gasteiger partial charge >= 0.3 is 5.97 Å². The molecular formula is C16H26O2. The number of rotatable bonds is 0. The molecule has 1 saturated heterocycles. The molecule has 1 aliphatic heterocycles. The molecule has 0 N–H and O–H groups in total. The smallest absolute Gasteiger partial charge is 0.306 e. The van der Waals surface area contributed by atoms with E-state index in [1.54, 1.807) is 0 Å². The van der Waals surface area contributed by atoms with Crippen molar-refractivity contribution in [3.8, 4) is 0 Å². The van der Waals surface area contributed by atoms with Crippen molar-refractivity contribution >= 4 is 5.97 Å². The summed E-state index contributed by atoms with van der Waals surface area (Å²) in [7, 11) is 0. The molecule has 3 fully saturated rings. The van der Waals surface area contributed by atoms with E-state index in [0.29, 0.717) is 12.3 Å². The summed E-state index contributed by atoms with van der Waals surface area (Å²) in [6.45, 7) is 7.13. The highest BCUT2D eigenvalue weighted by molar-refractivity contribution is 5.72. The van der Waals surface area contributed by atoms with Gasteiger partial charge in [0.2, 0.25) is 0 Å². The zero-order chi connectivity index (χ0) is 13.0. The van der Waals surface area contributed by atoms with Gasteiger partial charge in [0.25, 0.3) is 0 Å². The van der Waals surface area contributed by atoms with Gasteiger partial charge in [0, 0.05) is 11.8 Å². The van der Waals surface area contributed by atoms with Gasteiger partial charge in [0.15, 0.2) is 0 Å². The lowest BCUT2D eigenvalue weighted by Crippen LogP contribution is -2.60. The van der Waals surface area contributed by atoms with Crippen molar-refractivity contribution in [3.63, 3.8) is 0 Å². The summed E-state index contributed by atoms with van der Waals surface area (Å²) in [5.41, 5.74) is 0.0934. The lowest BCUT2D eigenvalue weighted by Gasteiger charge is -2.60. The monoisotopic (exact) mass is 250 g/mol. The van der Waals surface area contributed by atoms with Crippen molar-refractivity contribution in [2.24, 2.45) is 23.2 Å². The van der Waals surface area contributed by atoms with E-state index < -0.39 is 0 Å². The third kappa shape index (κ3) is 1.44. The first kappa shape index (κ1) is 12.5. The summed E-state index contributed by atoms with van der Waals surface area (Å²) in [6, 6.07) is 0. The Kier molecular flexibility index (Phi) is 2.76. The van der Waals surface area contributed by atoms with Crippen molar-refractivity contribution < 1.29 is 9.53 Å². The number of fused-ring (bicyclic) bond motifs is 2. The van der Waals surface area contributed by atoms with Gasteiger partial charge in [-0.05, 0) is 43.4 Å². The lowest BCUT2D eigenvalue weighted by atomic mass is 9.48. The van der Waals surface area contributed by atoms with Crippen molar-refractivity contribution in [2.45, 2.75) is 71.3 Å². The quantitative estimate of drug-likeness (QED) is 0.609. The third-order valence-corrected chi connectivity index (χ3v) is 6.53. The summed E-state index contributed by atoms with van der Waals surface area (Å²) in [5.74, 6) is 2.14. The molecular weight excluding hydrogens is 224 g/mol. The summed E-state index contributed by atoms with van der Waals surface area (Å²) in [5, 5.41) is 0. The Labute approximate surface area is 110 Å². The van der Waals surface area contributed by atoms with Crippen LogP contribution in [0, 0.1) is 23.2 Å². The van der Waals surface area contributed by atoms with Crippen molar-refractivity contribution in [1.29, 1.82) is 0 Å². The molecule has 0 amide bonds. The number of ether oxygens (including phenoxy) is 1. The van der Waals surface area contributed by atoms with Crippen molar-refractivity contribution in [1.82, 2.24) is 0 Å². The van der Waals surface area contributed by atoms with Gasteiger partial charge in [-0.1, -0.05) is 33.6 Å². The second-order valence-electron chi connectivity index (χ2n) is 7.24. The molecule has 0 unspecified atom stereocenters. The first-order valence-electron chi connectivity index (χ1n) is 7.71. The summed E-state index contributed by atoms with van der Waals surface area (Å²) >= 11 is 0. The van der Waals surface area contributed by atoms with Gasteiger partial charge in [-0.25, -0.2) is 0 Å². The number of carbonyl (C=O) groups is 1. The van der Waals surface area contributed by atoms with Crippen LogP contribution in [0.3, 0.4) is 0 Å². The first-order chi connectivity index (χ1) is 8.49. The molecule has 102 valence electrons. The van der Waals surface area contributed by atoms with Gasteiger partial charge < -0.3 is 4.74 Å². The Morgan fingerprint density at radius 2 is 1.94 bits per heavy atom. The highest BCUT2D eigenvalue weighted by atomic mass is 16.6. The SMILES string of the molecule is C[C@@H]1CCC[C@@]2(C)[C@H]1CC[C@@H](C)[C@]21CCC(=O)O1. The van der Waals surface area contributed by atoms with Crippen LogP contribution in [0.4, 0.5) is 0 Å². The third-order valence-electron chi connectivity index (χ3n) is 6.53. The van der Waals surface area contributed by atoms with Gasteiger partial charge in [-0.15, -0.1) is 0 Å². The minimum atomic E-state index is -0.137. The van der Waals surface area contributed by atoms with E-state index in [1.807, 2.05) is 0 Å². The fourth-order valence-corrected chi connectivity index (χ4v) is 5.50. The van der Waals surface area contributed by atoms with Crippen LogP contribution >= 0.6 is 0 Å². The maximum absolute atomic E-state index is 11.7. The van der Waals surface area contributed by atoms with E-state index in [2.05, 4.69) is 20.8 Å². The van der Waals surface area contributed by atoms with Crippen LogP contribution < -0.4 is 0 Å². The Hall–Kier alpha value is -0.530. The van der Waals surface area contributed by atoms with Crippen LogP contribution in [0.2, 0.25) is 0 Å². The predicted octanol–water partition coefficient (Wildman–Crippen LogP) is 3.93. The molecule has 0 aromatic carbocycles. The van der Waals surface area contributed by atoms with Crippen molar-refractivity contribution in [3.05, 3.63) is 0 Å². The summed E-state index contributed by atoms with van der Waals surface area (Å²) in [4.78, 5) is 11.7. The maximum atomic E-state index is 11.7. The number of esters is 1. The second-order valence-corrected chi connectivity index (χ2v) is 7.24. The van der Waals surface area contributed by atoms with Crippen LogP contribution in [0.1, 0.15) is 65.7 Å². The molecule has 3 rings (SSSR count). The molecule has 3 aliphatic rings. The molecule has 0 aromatic rings. The zero-order valence-corrected chi connectivity index (χ0v) is 12.0. The number of hydrogen-bond acceptors (Lipinski definition) is 2. The molecule has 2 nitrogen and oxygen atoms in total. The number of carbonyl (C=O) groups excluding carboxylic acids is 1. The minimum Gasteiger partial charge on any atom is -0.458 e. The standard InChI is InChI=1S/C16H26O2/c1-11-5-4-9-15(3)13(11)7-6-12(2)16(15)10-8-14(17)18-16/h11-13H,4-10H2,1-3H3/t11-,12-,13+,15+,16-/m1/s1. The largest absolute Gasteiger partial charge is 0.458 e. The number of hydrogen-bond donors (Lipinski definition) is 0. The van der Waals surface area contributed by atoms with Crippen LogP contribution in [-0.4, -0.2) is 11.6 Å². The highest BCUT2D eigenvalue weighted by Gasteiger charge is 2.63. The molecule has 2 saturated carbocycles. The van der Waals surface area contributed by atoms with E-state index in [1.165, 1.54) is 32.1 Å². The highest BCUT2D eigenvalue weighted by Crippen LogP contribution is 2.63. The van der Waals surface area contributed by atoms with E-state index in [0.717, 1.165) is 18.3 Å². The maximum Gasteiger partial charge on any atom is 0.306 e. The van der Waals surface area contributed by atoms with E-state index >= 15 is 0 Å². The Bertz CT molecular complexity index is 364. The van der Waals surface area contributed by atoms with Crippen molar-refractivity contribution in [2.75, 3.05) is 0 Å². The summed E-state index contributed by atoms with van der Waals surface area (Å²) in [6.07, 6.45) is 8.09. The molecule has 2 aliphatic carbocycles. The van der Waals surface area contributed by atoms with Crippen LogP contribution in [0.25, 0.3) is 0 Å². The summed E-state index contributed by atoms with van der Waals surface area (Å²) < 4.78 is 5.98. The zero-order valence-electron chi connectivity index (χ0n) is 12.0. The Morgan fingerprint density at radius 3 is 2.61 bits per heavy atom. The second kappa shape index (κ2) is 3.98. The molecule has 0 bridgehead atoms. The van der Waals surface area contributed by atoms with Gasteiger partial charge in [-0.3, -0.25) is 4.79 Å². The van der Waals surface area contributed by atoms with E-state index in [-0.39, 0.29) is 17.0 Å². The van der Waals surface area contributed by atoms with Crippen LogP contribution in [-0.2, 0) is 9.53 Å². The first-order valence-corrected chi connectivity index (χ1v) is 7.71. The lowest BCUT2D eigenvalue weighted by molar-refractivity contribution is -0.204. The molecule has 2 heteroatoms. The predicted molar refractivity (Wildman–Crippen MR) is 71.1 cm³/mol. The fraction of sp³-hybridized carbons (Fsp3) is 0.938. The fourth-order valence-electron chi connectivity index (χ4n) is 5.50. The van der Waals surface area contributed by atoms with Crippen LogP contribution in [0.15, 0.2) is 0 Å². The molecule has 0 radical (unpaired) electrons. The average Bonchev–Trinajstić information content (AvgIpc) is 2.70. The Balaban J connectivity index is 2.01. The van der Waals surface area contributed by atoms with E-state index in [4.69, 9.17) is 4.74 Å². The molecule has 0 aromatic heterocycles. The topological polar surface area (TPSA) is 26.3 Å². The van der Waals surface area contributed by atoms with Crippen LogP contribution in [0.5, 0.6) is 0 Å². The van der Waals surface area contributed by atoms with E-state index in [9.17, 15) is 4.79 Å². The van der Waals surface area contributed by atoms with Gasteiger partial charge in [-0.2, -0.15) is 0 Å². The van der Waals surface area contributed by atoms with Gasteiger partial charge in [0.05, 0.1) is 0 Å². The molecule has 1 heterocycles. The normalized spacial score (nSPS) is 52.2. The molecule has 18 heavy (non-hydrogen) atoms. The minimum absolute atomic E-state index is 0.0435. The van der Waals surface area contributed by atoms with Gasteiger partial charge in [0.1, 0.15) is 5.60 Å². The molecule has 5 atom stereocenters. The molecule has 1 spiro atoms. The average molecular weight is 250 g/mol. The Morgan fingerprint density at radius 1 is 1.17 bits per heavy atom.